The second kappa shape index (κ2) is 6.07. The van der Waals surface area contributed by atoms with Crippen molar-refractivity contribution in [1.82, 2.24) is 0 Å². The highest BCUT2D eigenvalue weighted by Gasteiger charge is 2.51. The number of hydrogen-bond donors (Lipinski definition) is 0. The lowest BCUT2D eigenvalue weighted by molar-refractivity contribution is 0.762. The van der Waals surface area contributed by atoms with Crippen LogP contribution in [0.5, 0.6) is 0 Å². The molecule has 2 aliphatic carbocycles. The van der Waals surface area contributed by atoms with E-state index in [-0.39, 0.29) is 5.41 Å². The lowest BCUT2D eigenvalue weighted by atomic mass is 9.70. The van der Waals surface area contributed by atoms with Crippen LogP contribution in [-0.4, -0.2) is 0 Å². The second-order valence-corrected chi connectivity index (χ2v) is 8.21. The number of allylic oxidation sites excluding steroid dienone is 4. The standard InChI is InChI=1S/C26H21Br/c1-3-4-10-18-17(2)26(22-14-7-5-11-19(18)22)23-15-8-6-12-20(23)21-13-9-16-24(27)25(21)26/h4-16H,3H2,1-2H3/b10-4-. The minimum atomic E-state index is -0.212. The van der Waals surface area contributed by atoms with Gasteiger partial charge in [-0.25, -0.2) is 0 Å². The molecule has 0 aromatic heterocycles. The molecule has 3 aromatic rings. The fourth-order valence-corrected chi connectivity index (χ4v) is 5.74. The van der Waals surface area contributed by atoms with Gasteiger partial charge in [0.25, 0.3) is 0 Å². The van der Waals surface area contributed by atoms with Crippen molar-refractivity contribution in [2.45, 2.75) is 25.7 Å². The first kappa shape index (κ1) is 16.8. The monoisotopic (exact) mass is 412 g/mol. The molecule has 0 N–H and O–H groups in total. The van der Waals surface area contributed by atoms with Crippen molar-refractivity contribution >= 4 is 21.5 Å². The molecule has 5 rings (SSSR count). The predicted molar refractivity (Wildman–Crippen MR) is 118 cm³/mol. The van der Waals surface area contributed by atoms with Crippen LogP contribution in [0.4, 0.5) is 0 Å². The van der Waals surface area contributed by atoms with E-state index in [4.69, 9.17) is 0 Å². The number of benzene rings is 3. The van der Waals surface area contributed by atoms with Crippen molar-refractivity contribution in [2.75, 3.05) is 0 Å². The molecule has 0 bridgehead atoms. The van der Waals surface area contributed by atoms with Crippen LogP contribution in [0, 0.1) is 0 Å². The zero-order chi connectivity index (χ0) is 18.6. The second-order valence-electron chi connectivity index (χ2n) is 7.35. The van der Waals surface area contributed by atoms with Gasteiger partial charge in [0.05, 0.1) is 5.41 Å². The Hall–Kier alpha value is -2.38. The molecule has 0 heterocycles. The molecule has 1 spiro atoms. The summed E-state index contributed by atoms with van der Waals surface area (Å²) < 4.78 is 1.19. The fraction of sp³-hybridized carbons (Fsp3) is 0.154. The Kier molecular flexibility index (Phi) is 3.77. The van der Waals surface area contributed by atoms with Gasteiger partial charge >= 0.3 is 0 Å². The molecule has 0 amide bonds. The Morgan fingerprint density at radius 3 is 2.19 bits per heavy atom. The van der Waals surface area contributed by atoms with Gasteiger partial charge in [-0.15, -0.1) is 0 Å². The molecule has 1 unspecified atom stereocenters. The van der Waals surface area contributed by atoms with E-state index in [1.165, 1.54) is 49.0 Å². The molecular formula is C26H21Br. The minimum Gasteiger partial charge on any atom is -0.0842 e. The maximum absolute atomic E-state index is 3.90. The van der Waals surface area contributed by atoms with Gasteiger partial charge in [-0.2, -0.15) is 0 Å². The van der Waals surface area contributed by atoms with Crippen molar-refractivity contribution in [3.05, 3.63) is 111 Å². The largest absolute Gasteiger partial charge is 0.0842 e. The van der Waals surface area contributed by atoms with E-state index in [0.717, 1.165) is 6.42 Å². The summed E-state index contributed by atoms with van der Waals surface area (Å²) in [6.07, 6.45) is 5.64. The van der Waals surface area contributed by atoms with Crippen molar-refractivity contribution in [3.8, 4) is 11.1 Å². The van der Waals surface area contributed by atoms with Crippen molar-refractivity contribution in [3.63, 3.8) is 0 Å². The van der Waals surface area contributed by atoms with Crippen LogP contribution in [0.2, 0.25) is 0 Å². The summed E-state index contributed by atoms with van der Waals surface area (Å²) in [6.45, 7) is 4.51. The van der Waals surface area contributed by atoms with Crippen molar-refractivity contribution in [1.29, 1.82) is 0 Å². The first-order valence-corrected chi connectivity index (χ1v) is 10.4. The minimum absolute atomic E-state index is 0.212. The summed E-state index contributed by atoms with van der Waals surface area (Å²) >= 11 is 3.90. The third-order valence-electron chi connectivity index (χ3n) is 6.12. The predicted octanol–water partition coefficient (Wildman–Crippen LogP) is 7.52. The SMILES string of the molecule is CC/C=C\C1=C(C)C2(c3ccccc31)c1ccccc1-c1cccc(Br)c12. The Balaban J connectivity index is 1.98. The van der Waals surface area contributed by atoms with Gasteiger partial charge in [-0.05, 0) is 63.9 Å². The van der Waals surface area contributed by atoms with Crippen LogP contribution in [0.25, 0.3) is 16.7 Å². The van der Waals surface area contributed by atoms with Crippen LogP contribution in [0.15, 0.2) is 88.9 Å². The molecule has 1 atom stereocenters. The van der Waals surface area contributed by atoms with Gasteiger partial charge in [-0.1, -0.05) is 95.7 Å². The van der Waals surface area contributed by atoms with Gasteiger partial charge in [0.15, 0.2) is 0 Å². The third kappa shape index (κ3) is 2.04. The summed E-state index contributed by atoms with van der Waals surface area (Å²) in [4.78, 5) is 0. The van der Waals surface area contributed by atoms with E-state index < -0.39 is 0 Å². The van der Waals surface area contributed by atoms with Crippen LogP contribution in [0.1, 0.15) is 42.5 Å². The Labute approximate surface area is 169 Å². The molecular weight excluding hydrogens is 392 g/mol. The summed E-state index contributed by atoms with van der Waals surface area (Å²) in [7, 11) is 0. The summed E-state index contributed by atoms with van der Waals surface area (Å²) in [5.74, 6) is 0. The maximum atomic E-state index is 3.90. The van der Waals surface area contributed by atoms with E-state index in [9.17, 15) is 0 Å². The molecule has 3 aromatic carbocycles. The number of rotatable bonds is 2. The molecule has 132 valence electrons. The van der Waals surface area contributed by atoms with Crippen LogP contribution < -0.4 is 0 Å². The van der Waals surface area contributed by atoms with E-state index in [1.54, 1.807) is 0 Å². The Morgan fingerprint density at radius 1 is 0.815 bits per heavy atom. The highest BCUT2D eigenvalue weighted by atomic mass is 79.9. The van der Waals surface area contributed by atoms with Gasteiger partial charge < -0.3 is 0 Å². The maximum Gasteiger partial charge on any atom is 0.0696 e. The van der Waals surface area contributed by atoms with Crippen LogP contribution in [0.3, 0.4) is 0 Å². The average Bonchev–Trinajstić information content (AvgIpc) is 3.14. The molecule has 0 aliphatic heterocycles. The lowest BCUT2D eigenvalue weighted by Gasteiger charge is -2.32. The zero-order valence-electron chi connectivity index (χ0n) is 15.6. The van der Waals surface area contributed by atoms with Crippen molar-refractivity contribution in [2.24, 2.45) is 0 Å². The number of halogens is 1. The molecule has 27 heavy (non-hydrogen) atoms. The fourth-order valence-electron chi connectivity index (χ4n) is 5.08. The summed E-state index contributed by atoms with van der Waals surface area (Å²) in [5.41, 5.74) is 10.8. The van der Waals surface area contributed by atoms with Gasteiger partial charge in [0.1, 0.15) is 0 Å². The van der Waals surface area contributed by atoms with Gasteiger partial charge in [-0.3, -0.25) is 0 Å². The smallest absolute Gasteiger partial charge is 0.0696 e. The topological polar surface area (TPSA) is 0 Å². The molecule has 2 aliphatic rings. The van der Waals surface area contributed by atoms with Gasteiger partial charge in [0, 0.05) is 4.47 Å². The normalized spacial score (nSPS) is 19.7. The molecule has 0 saturated heterocycles. The van der Waals surface area contributed by atoms with E-state index >= 15 is 0 Å². The first-order valence-electron chi connectivity index (χ1n) is 9.58. The molecule has 0 saturated carbocycles. The quantitative estimate of drug-likeness (QED) is 0.408. The molecule has 0 nitrogen and oxygen atoms in total. The molecule has 0 radical (unpaired) electrons. The van der Waals surface area contributed by atoms with E-state index in [2.05, 4.69) is 109 Å². The summed E-state index contributed by atoms with van der Waals surface area (Å²) in [5, 5.41) is 0. The van der Waals surface area contributed by atoms with Crippen LogP contribution >= 0.6 is 15.9 Å². The molecule has 0 fully saturated rings. The lowest BCUT2D eigenvalue weighted by Crippen LogP contribution is -2.26. The highest BCUT2D eigenvalue weighted by molar-refractivity contribution is 9.10. The first-order chi connectivity index (χ1) is 13.2. The third-order valence-corrected chi connectivity index (χ3v) is 6.78. The number of fused-ring (bicyclic) bond motifs is 7. The Bertz CT molecular complexity index is 1130. The van der Waals surface area contributed by atoms with E-state index in [1.807, 2.05) is 0 Å². The summed E-state index contributed by atoms with van der Waals surface area (Å²) in [6, 6.07) is 24.4. The number of hydrogen-bond acceptors (Lipinski definition) is 0. The van der Waals surface area contributed by atoms with Crippen LogP contribution in [-0.2, 0) is 5.41 Å². The van der Waals surface area contributed by atoms with Gasteiger partial charge in [0.2, 0.25) is 0 Å². The highest BCUT2D eigenvalue weighted by Crippen LogP contribution is 2.63. The molecule has 1 heteroatoms. The average molecular weight is 413 g/mol. The van der Waals surface area contributed by atoms with E-state index in [0.29, 0.717) is 0 Å². The Morgan fingerprint density at radius 2 is 1.44 bits per heavy atom. The zero-order valence-corrected chi connectivity index (χ0v) is 17.2. The van der Waals surface area contributed by atoms with Crippen molar-refractivity contribution < 1.29 is 0 Å².